The van der Waals surface area contributed by atoms with Gasteiger partial charge in [0.05, 0.1) is 7.11 Å². The Labute approximate surface area is 210 Å². The van der Waals surface area contributed by atoms with Crippen LogP contribution in [-0.4, -0.2) is 19.4 Å². The van der Waals surface area contributed by atoms with Gasteiger partial charge in [-0.1, -0.05) is 79.4 Å². The van der Waals surface area contributed by atoms with E-state index in [0.29, 0.717) is 10.8 Å². The van der Waals surface area contributed by atoms with Gasteiger partial charge in [0.2, 0.25) is 0 Å². The van der Waals surface area contributed by atoms with Crippen LogP contribution in [0.4, 0.5) is 4.79 Å². The van der Waals surface area contributed by atoms with E-state index in [1.807, 2.05) is 0 Å². The Hall–Kier alpha value is -0.990. The van der Waals surface area contributed by atoms with Gasteiger partial charge in [-0.3, -0.25) is 0 Å². The third-order valence-electron chi connectivity index (χ3n) is 10.9. The molecule has 0 aliphatic heterocycles. The predicted molar refractivity (Wildman–Crippen MR) is 142 cm³/mol. The fraction of sp³-hybridized carbons (Fsp3) is 0.903. The molecule has 3 heteroatoms. The van der Waals surface area contributed by atoms with E-state index in [0.717, 1.165) is 54.8 Å². The molecule has 0 saturated heterocycles. The van der Waals surface area contributed by atoms with E-state index in [4.69, 9.17) is 9.47 Å². The highest BCUT2D eigenvalue weighted by Gasteiger charge is 2.52. The SMILES string of the molecule is CCC(CCC(C)C(CC)C1(C)CCC2C(CC=C3CC(OC(=O)OC)CCC32C)C1)C(C)C. The van der Waals surface area contributed by atoms with Gasteiger partial charge in [-0.2, -0.15) is 0 Å². The molecular weight excluding hydrogens is 420 g/mol. The summed E-state index contributed by atoms with van der Waals surface area (Å²) in [6.07, 6.45) is 15.8. The van der Waals surface area contributed by atoms with Crippen LogP contribution in [0.15, 0.2) is 11.6 Å². The van der Waals surface area contributed by atoms with Crippen molar-refractivity contribution in [3.8, 4) is 0 Å². The molecular formula is C31H54O3. The average Bonchev–Trinajstić information content (AvgIpc) is 2.79. The molecule has 0 aromatic rings. The molecule has 2 saturated carbocycles. The van der Waals surface area contributed by atoms with Gasteiger partial charge < -0.3 is 9.47 Å². The number of fused-ring (bicyclic) bond motifs is 3. The van der Waals surface area contributed by atoms with Crippen LogP contribution in [0.5, 0.6) is 0 Å². The Balaban J connectivity index is 1.67. The molecule has 0 N–H and O–H groups in total. The van der Waals surface area contributed by atoms with E-state index in [2.05, 4.69) is 54.5 Å². The van der Waals surface area contributed by atoms with Gasteiger partial charge in [0.1, 0.15) is 6.10 Å². The first kappa shape index (κ1) is 27.6. The molecule has 3 aliphatic carbocycles. The largest absolute Gasteiger partial charge is 0.508 e. The van der Waals surface area contributed by atoms with Crippen LogP contribution in [0.1, 0.15) is 119 Å². The van der Waals surface area contributed by atoms with Crippen LogP contribution in [0.3, 0.4) is 0 Å². The van der Waals surface area contributed by atoms with Crippen LogP contribution in [0, 0.1) is 46.3 Å². The lowest BCUT2D eigenvalue weighted by Crippen LogP contribution is -2.48. The number of ether oxygens (including phenoxy) is 2. The highest BCUT2D eigenvalue weighted by atomic mass is 16.7. The zero-order valence-electron chi connectivity index (χ0n) is 23.6. The average molecular weight is 475 g/mol. The lowest BCUT2D eigenvalue weighted by atomic mass is 9.48. The molecule has 3 nitrogen and oxygen atoms in total. The first-order valence-corrected chi connectivity index (χ1v) is 14.5. The van der Waals surface area contributed by atoms with Crippen LogP contribution in [0.25, 0.3) is 0 Å². The maximum absolute atomic E-state index is 11.6. The summed E-state index contributed by atoms with van der Waals surface area (Å²) in [5.41, 5.74) is 2.32. The quantitative estimate of drug-likeness (QED) is 0.247. The molecule has 3 rings (SSSR count). The molecule has 8 atom stereocenters. The lowest BCUT2D eigenvalue weighted by Gasteiger charge is -2.57. The standard InChI is InChI=1S/C31H54O3/c1-9-23(21(3)4)12-11-22(5)27(10-2)30(6)17-16-28-24(20-30)13-14-25-19-26(34-29(32)33-8)15-18-31(25,28)7/h14,21-24,26-28H,9-13,15-20H2,1-8H3. The zero-order valence-corrected chi connectivity index (χ0v) is 23.6. The van der Waals surface area contributed by atoms with Gasteiger partial charge >= 0.3 is 6.16 Å². The summed E-state index contributed by atoms with van der Waals surface area (Å²) in [5, 5.41) is 0. The molecule has 0 amide bonds. The monoisotopic (exact) mass is 474 g/mol. The van der Waals surface area contributed by atoms with Crippen LogP contribution < -0.4 is 0 Å². The molecule has 8 unspecified atom stereocenters. The fourth-order valence-corrected chi connectivity index (χ4v) is 8.78. The van der Waals surface area contributed by atoms with Crippen molar-refractivity contribution in [2.24, 2.45) is 46.3 Å². The van der Waals surface area contributed by atoms with Crippen molar-refractivity contribution in [2.75, 3.05) is 7.11 Å². The number of carbonyl (C=O) groups is 1. The van der Waals surface area contributed by atoms with Crippen LogP contribution >= 0.6 is 0 Å². The Morgan fingerprint density at radius 3 is 2.44 bits per heavy atom. The van der Waals surface area contributed by atoms with Gasteiger partial charge in [0, 0.05) is 6.42 Å². The highest BCUT2D eigenvalue weighted by molar-refractivity contribution is 5.59. The molecule has 2 fully saturated rings. The summed E-state index contributed by atoms with van der Waals surface area (Å²) in [7, 11) is 1.40. The summed E-state index contributed by atoms with van der Waals surface area (Å²) in [6, 6.07) is 0. The summed E-state index contributed by atoms with van der Waals surface area (Å²) < 4.78 is 10.3. The van der Waals surface area contributed by atoms with E-state index in [1.165, 1.54) is 58.5 Å². The maximum Gasteiger partial charge on any atom is 0.508 e. The van der Waals surface area contributed by atoms with Crippen molar-refractivity contribution >= 4 is 6.16 Å². The van der Waals surface area contributed by atoms with Gasteiger partial charge in [-0.25, -0.2) is 4.79 Å². The minimum absolute atomic E-state index is 0.0136. The second kappa shape index (κ2) is 11.4. The number of hydrogen-bond donors (Lipinski definition) is 0. The van der Waals surface area contributed by atoms with Gasteiger partial charge in [0.15, 0.2) is 0 Å². The summed E-state index contributed by atoms with van der Waals surface area (Å²) in [4.78, 5) is 11.6. The first-order chi connectivity index (χ1) is 16.1. The number of rotatable bonds is 9. The molecule has 0 aromatic carbocycles. The van der Waals surface area contributed by atoms with Crippen molar-refractivity contribution in [2.45, 2.75) is 125 Å². The molecule has 0 radical (unpaired) electrons. The van der Waals surface area contributed by atoms with E-state index >= 15 is 0 Å². The Morgan fingerprint density at radius 2 is 1.82 bits per heavy atom. The number of allylic oxidation sites excluding steroid dienone is 1. The van der Waals surface area contributed by atoms with Gasteiger partial charge in [-0.15, -0.1) is 0 Å². The molecule has 0 heterocycles. The zero-order chi connectivity index (χ0) is 25.1. The number of methoxy groups -OCH3 is 1. The molecule has 0 aromatic heterocycles. The number of hydrogen-bond acceptors (Lipinski definition) is 3. The van der Waals surface area contributed by atoms with Gasteiger partial charge in [0.25, 0.3) is 0 Å². The Morgan fingerprint density at radius 1 is 1.09 bits per heavy atom. The third-order valence-corrected chi connectivity index (χ3v) is 10.9. The first-order valence-electron chi connectivity index (χ1n) is 14.5. The number of carbonyl (C=O) groups excluding carboxylic acids is 1. The molecule has 34 heavy (non-hydrogen) atoms. The van der Waals surface area contributed by atoms with Crippen LogP contribution in [0.2, 0.25) is 0 Å². The predicted octanol–water partition coefficient (Wildman–Crippen LogP) is 9.21. The van der Waals surface area contributed by atoms with Gasteiger partial charge in [-0.05, 0) is 91.3 Å². The van der Waals surface area contributed by atoms with Crippen molar-refractivity contribution in [3.63, 3.8) is 0 Å². The second-order valence-electron chi connectivity index (χ2n) is 13.1. The Kier molecular flexibility index (Phi) is 9.24. The maximum atomic E-state index is 11.6. The smallest absolute Gasteiger partial charge is 0.438 e. The summed E-state index contributed by atoms with van der Waals surface area (Å²) in [6.45, 7) is 17.3. The van der Waals surface area contributed by atoms with Crippen LogP contribution in [-0.2, 0) is 9.47 Å². The van der Waals surface area contributed by atoms with Crippen molar-refractivity contribution < 1.29 is 14.3 Å². The molecule has 3 aliphatic rings. The summed E-state index contributed by atoms with van der Waals surface area (Å²) in [5.74, 6) is 4.93. The topological polar surface area (TPSA) is 35.5 Å². The molecule has 196 valence electrons. The second-order valence-corrected chi connectivity index (χ2v) is 13.1. The third kappa shape index (κ3) is 5.70. The highest BCUT2D eigenvalue weighted by Crippen LogP contribution is 2.61. The Bertz CT molecular complexity index is 711. The lowest BCUT2D eigenvalue weighted by molar-refractivity contribution is -0.0422. The molecule has 0 spiro atoms. The fourth-order valence-electron chi connectivity index (χ4n) is 8.78. The minimum atomic E-state index is -0.533. The van der Waals surface area contributed by atoms with Crippen molar-refractivity contribution in [1.29, 1.82) is 0 Å². The van der Waals surface area contributed by atoms with E-state index in [-0.39, 0.29) is 6.10 Å². The summed E-state index contributed by atoms with van der Waals surface area (Å²) >= 11 is 0. The van der Waals surface area contributed by atoms with Crippen molar-refractivity contribution in [3.05, 3.63) is 11.6 Å². The van der Waals surface area contributed by atoms with E-state index in [9.17, 15) is 4.79 Å². The molecule has 0 bridgehead atoms. The van der Waals surface area contributed by atoms with E-state index < -0.39 is 6.16 Å². The van der Waals surface area contributed by atoms with E-state index in [1.54, 1.807) is 5.57 Å². The minimum Gasteiger partial charge on any atom is -0.438 e. The normalized spacial score (nSPS) is 36.0. The van der Waals surface area contributed by atoms with Crippen molar-refractivity contribution in [1.82, 2.24) is 0 Å².